The number of nitrogens with one attached hydrogen (secondary N) is 1. The zero-order valence-corrected chi connectivity index (χ0v) is 11.0. The number of anilines is 1. The van der Waals surface area contributed by atoms with Gasteiger partial charge in [-0.2, -0.15) is 0 Å². The molecule has 2 aromatic rings. The van der Waals surface area contributed by atoms with Gasteiger partial charge in [-0.3, -0.25) is 10.1 Å². The number of hydrogen-bond donors (Lipinski definition) is 1. The molecule has 5 nitrogen and oxygen atoms in total. The minimum absolute atomic E-state index is 0.0315. The van der Waals surface area contributed by atoms with E-state index in [9.17, 15) is 10.1 Å². The standard InChI is InChI=1S/C13H12ClN3O2/c1-9(11-4-2-3-5-12(11)14)16-13-7-6-10(8-15-13)17(18)19/h2-9H,1H3,(H,15,16). The van der Waals surface area contributed by atoms with Gasteiger partial charge in [0.05, 0.1) is 11.0 Å². The maximum Gasteiger partial charge on any atom is 0.287 e. The smallest absolute Gasteiger partial charge is 0.287 e. The Morgan fingerprint density at radius 1 is 1.32 bits per heavy atom. The molecule has 0 saturated carbocycles. The topological polar surface area (TPSA) is 68.1 Å². The molecular weight excluding hydrogens is 266 g/mol. The van der Waals surface area contributed by atoms with Crippen LogP contribution in [0, 0.1) is 10.1 Å². The second-order valence-corrected chi connectivity index (χ2v) is 4.45. The van der Waals surface area contributed by atoms with Crippen molar-refractivity contribution < 1.29 is 4.92 Å². The summed E-state index contributed by atoms with van der Waals surface area (Å²) in [5.41, 5.74) is 0.917. The molecule has 2 rings (SSSR count). The van der Waals surface area contributed by atoms with Crippen LogP contribution in [0.1, 0.15) is 18.5 Å². The second kappa shape index (κ2) is 5.67. The van der Waals surface area contributed by atoms with E-state index in [1.165, 1.54) is 12.3 Å². The van der Waals surface area contributed by atoms with Crippen molar-refractivity contribution in [2.75, 3.05) is 5.32 Å². The van der Waals surface area contributed by atoms with Crippen molar-refractivity contribution in [1.82, 2.24) is 4.98 Å². The summed E-state index contributed by atoms with van der Waals surface area (Å²) >= 11 is 6.10. The van der Waals surface area contributed by atoms with E-state index >= 15 is 0 Å². The van der Waals surface area contributed by atoms with E-state index in [-0.39, 0.29) is 11.7 Å². The molecule has 0 aliphatic heterocycles. The number of aromatic nitrogens is 1. The molecule has 1 atom stereocenters. The largest absolute Gasteiger partial charge is 0.363 e. The molecule has 1 aromatic carbocycles. The van der Waals surface area contributed by atoms with Crippen molar-refractivity contribution in [2.45, 2.75) is 13.0 Å². The molecular formula is C13H12ClN3O2. The molecule has 19 heavy (non-hydrogen) atoms. The molecule has 0 radical (unpaired) electrons. The first-order valence-electron chi connectivity index (χ1n) is 5.69. The van der Waals surface area contributed by atoms with E-state index < -0.39 is 4.92 Å². The van der Waals surface area contributed by atoms with Gasteiger partial charge in [0, 0.05) is 11.1 Å². The van der Waals surface area contributed by atoms with E-state index in [1.807, 2.05) is 31.2 Å². The first-order chi connectivity index (χ1) is 9.08. The highest BCUT2D eigenvalue weighted by atomic mass is 35.5. The van der Waals surface area contributed by atoms with E-state index in [2.05, 4.69) is 10.3 Å². The third-order valence-corrected chi connectivity index (χ3v) is 3.04. The SMILES string of the molecule is CC(Nc1ccc([N+](=O)[O-])cn1)c1ccccc1Cl. The van der Waals surface area contributed by atoms with E-state index in [0.29, 0.717) is 10.8 Å². The van der Waals surface area contributed by atoms with Crippen molar-refractivity contribution in [3.8, 4) is 0 Å². The minimum Gasteiger partial charge on any atom is -0.363 e. The second-order valence-electron chi connectivity index (χ2n) is 4.05. The van der Waals surface area contributed by atoms with E-state index in [4.69, 9.17) is 11.6 Å². The lowest BCUT2D eigenvalue weighted by molar-refractivity contribution is -0.385. The molecule has 0 spiro atoms. The quantitative estimate of drug-likeness (QED) is 0.681. The summed E-state index contributed by atoms with van der Waals surface area (Å²) in [7, 11) is 0. The normalized spacial score (nSPS) is 11.9. The number of pyridine rings is 1. The minimum atomic E-state index is -0.478. The van der Waals surface area contributed by atoms with Gasteiger partial charge < -0.3 is 5.32 Å². The molecule has 1 unspecified atom stereocenters. The number of nitrogens with zero attached hydrogens (tertiary/aromatic N) is 2. The van der Waals surface area contributed by atoms with Gasteiger partial charge in [0.25, 0.3) is 5.69 Å². The van der Waals surface area contributed by atoms with Crippen LogP contribution in [0.3, 0.4) is 0 Å². The Morgan fingerprint density at radius 2 is 2.05 bits per heavy atom. The van der Waals surface area contributed by atoms with Crippen molar-refractivity contribution in [1.29, 1.82) is 0 Å². The lowest BCUT2D eigenvalue weighted by Gasteiger charge is -2.15. The van der Waals surface area contributed by atoms with Gasteiger partial charge >= 0.3 is 0 Å². The highest BCUT2D eigenvalue weighted by molar-refractivity contribution is 6.31. The van der Waals surface area contributed by atoms with Crippen LogP contribution in [0.2, 0.25) is 5.02 Å². The van der Waals surface area contributed by atoms with Gasteiger partial charge in [-0.25, -0.2) is 4.98 Å². The molecule has 0 aliphatic rings. The van der Waals surface area contributed by atoms with Gasteiger partial charge in [0.2, 0.25) is 0 Å². The maximum atomic E-state index is 10.5. The van der Waals surface area contributed by atoms with Crippen LogP contribution in [0.4, 0.5) is 11.5 Å². The Labute approximate surface area is 115 Å². The maximum absolute atomic E-state index is 10.5. The number of halogens is 1. The fraction of sp³-hybridized carbons (Fsp3) is 0.154. The zero-order chi connectivity index (χ0) is 13.8. The molecule has 0 fully saturated rings. The van der Waals surface area contributed by atoms with Crippen LogP contribution in [0.5, 0.6) is 0 Å². The van der Waals surface area contributed by atoms with Crippen molar-refractivity contribution in [3.63, 3.8) is 0 Å². The van der Waals surface area contributed by atoms with Crippen LogP contribution >= 0.6 is 11.6 Å². The Morgan fingerprint density at radius 3 is 2.63 bits per heavy atom. The van der Waals surface area contributed by atoms with Gasteiger partial charge in [-0.1, -0.05) is 29.8 Å². The summed E-state index contributed by atoms with van der Waals surface area (Å²) in [6.45, 7) is 1.95. The molecule has 1 N–H and O–H groups in total. The molecule has 0 aliphatic carbocycles. The molecule has 6 heteroatoms. The zero-order valence-electron chi connectivity index (χ0n) is 10.2. The molecule has 98 valence electrons. The summed E-state index contributed by atoms with van der Waals surface area (Å²) in [6.07, 6.45) is 1.22. The molecule has 1 heterocycles. The number of benzene rings is 1. The Kier molecular flexibility index (Phi) is 3.97. The average Bonchev–Trinajstić information content (AvgIpc) is 2.39. The highest BCUT2D eigenvalue weighted by Crippen LogP contribution is 2.25. The Hall–Kier alpha value is -2.14. The molecule has 0 saturated heterocycles. The number of rotatable bonds is 4. The summed E-state index contributed by atoms with van der Waals surface area (Å²) in [5, 5.41) is 14.3. The van der Waals surface area contributed by atoms with Gasteiger partial charge in [-0.05, 0) is 24.6 Å². The van der Waals surface area contributed by atoms with E-state index in [1.54, 1.807) is 6.07 Å². The van der Waals surface area contributed by atoms with Gasteiger partial charge in [0.15, 0.2) is 0 Å². The Balaban J connectivity index is 2.13. The first kappa shape index (κ1) is 13.3. The first-order valence-corrected chi connectivity index (χ1v) is 6.07. The molecule has 1 aromatic heterocycles. The van der Waals surface area contributed by atoms with Crippen LogP contribution in [0.15, 0.2) is 42.6 Å². The lowest BCUT2D eigenvalue weighted by atomic mass is 10.1. The van der Waals surface area contributed by atoms with Crippen molar-refractivity contribution in [2.24, 2.45) is 0 Å². The summed E-state index contributed by atoms with van der Waals surface area (Å²) < 4.78 is 0. The fourth-order valence-electron chi connectivity index (χ4n) is 1.71. The van der Waals surface area contributed by atoms with E-state index in [0.717, 1.165) is 5.56 Å². The Bertz CT molecular complexity index is 587. The fourth-order valence-corrected chi connectivity index (χ4v) is 2.00. The van der Waals surface area contributed by atoms with Crippen molar-refractivity contribution >= 4 is 23.1 Å². The lowest BCUT2D eigenvalue weighted by Crippen LogP contribution is -2.08. The van der Waals surface area contributed by atoms with Crippen LogP contribution in [-0.4, -0.2) is 9.91 Å². The number of hydrogen-bond acceptors (Lipinski definition) is 4. The number of nitro groups is 1. The highest BCUT2D eigenvalue weighted by Gasteiger charge is 2.10. The third kappa shape index (κ3) is 3.20. The molecule has 0 bridgehead atoms. The summed E-state index contributed by atoms with van der Waals surface area (Å²) in [6, 6.07) is 10.5. The average molecular weight is 278 g/mol. The predicted molar refractivity (Wildman–Crippen MR) is 74.4 cm³/mol. The van der Waals surface area contributed by atoms with Gasteiger partial charge in [0.1, 0.15) is 12.0 Å². The molecule has 0 amide bonds. The van der Waals surface area contributed by atoms with Gasteiger partial charge in [-0.15, -0.1) is 0 Å². The third-order valence-electron chi connectivity index (χ3n) is 2.69. The van der Waals surface area contributed by atoms with Crippen LogP contribution in [0.25, 0.3) is 0 Å². The predicted octanol–water partition coefficient (Wildman–Crippen LogP) is 3.82. The summed E-state index contributed by atoms with van der Waals surface area (Å²) in [5.74, 6) is 0.568. The van der Waals surface area contributed by atoms with Crippen molar-refractivity contribution in [3.05, 3.63) is 63.3 Å². The summed E-state index contributed by atoms with van der Waals surface area (Å²) in [4.78, 5) is 14.0. The van der Waals surface area contributed by atoms with Crippen LogP contribution in [-0.2, 0) is 0 Å². The monoisotopic (exact) mass is 277 g/mol. The van der Waals surface area contributed by atoms with Crippen LogP contribution < -0.4 is 5.32 Å².